The van der Waals surface area contributed by atoms with Gasteiger partial charge in [-0.3, -0.25) is 0 Å². The average Bonchev–Trinajstić information content (AvgIpc) is 2.07. The maximum atomic E-state index is 12.6. The fourth-order valence-electron chi connectivity index (χ4n) is 0.798. The van der Waals surface area contributed by atoms with Gasteiger partial charge >= 0.3 is 0 Å². The van der Waals surface area contributed by atoms with Gasteiger partial charge in [-0.25, -0.2) is 4.39 Å². The van der Waals surface area contributed by atoms with Gasteiger partial charge in [0.2, 0.25) is 0 Å². The zero-order valence-corrected chi connectivity index (χ0v) is 7.79. The van der Waals surface area contributed by atoms with Crippen LogP contribution in [0, 0.1) is 5.82 Å². The highest BCUT2D eigenvalue weighted by molar-refractivity contribution is 6.31. The molecule has 0 fully saturated rings. The summed E-state index contributed by atoms with van der Waals surface area (Å²) in [5.41, 5.74) is 0.780. The SMILES string of the molecule is Fc1ccc(NCCCl)cc1Cl. The monoisotopic (exact) mass is 207 g/mol. The Kier molecular flexibility index (Phi) is 3.63. The molecule has 0 unspecified atom stereocenters. The molecule has 0 atom stereocenters. The van der Waals surface area contributed by atoms with Gasteiger partial charge in [-0.2, -0.15) is 0 Å². The smallest absolute Gasteiger partial charge is 0.141 e. The first-order chi connectivity index (χ1) is 5.74. The number of halogens is 3. The molecule has 1 N–H and O–H groups in total. The first-order valence-electron chi connectivity index (χ1n) is 3.49. The molecule has 0 spiro atoms. The van der Waals surface area contributed by atoms with E-state index in [1.165, 1.54) is 12.1 Å². The van der Waals surface area contributed by atoms with Crippen molar-refractivity contribution >= 4 is 28.9 Å². The molecule has 0 radical (unpaired) electrons. The van der Waals surface area contributed by atoms with Gasteiger partial charge in [-0.1, -0.05) is 11.6 Å². The Balaban J connectivity index is 2.69. The third-order valence-corrected chi connectivity index (χ3v) is 1.82. The number of rotatable bonds is 3. The van der Waals surface area contributed by atoms with Crippen molar-refractivity contribution in [2.75, 3.05) is 17.7 Å². The Morgan fingerprint density at radius 1 is 1.42 bits per heavy atom. The van der Waals surface area contributed by atoms with Crippen LogP contribution < -0.4 is 5.32 Å². The molecule has 66 valence electrons. The lowest BCUT2D eigenvalue weighted by Gasteiger charge is -2.03. The van der Waals surface area contributed by atoms with Gasteiger partial charge in [0.1, 0.15) is 5.82 Å². The molecule has 0 heterocycles. The Morgan fingerprint density at radius 2 is 2.17 bits per heavy atom. The Hall–Kier alpha value is -0.470. The Bertz CT molecular complexity index is 265. The van der Waals surface area contributed by atoms with Crippen molar-refractivity contribution in [2.45, 2.75) is 0 Å². The second-order valence-electron chi connectivity index (χ2n) is 2.24. The molecule has 0 aliphatic heterocycles. The van der Waals surface area contributed by atoms with E-state index in [0.29, 0.717) is 12.4 Å². The number of hydrogen-bond donors (Lipinski definition) is 1. The lowest BCUT2D eigenvalue weighted by atomic mass is 10.3. The van der Waals surface area contributed by atoms with E-state index >= 15 is 0 Å². The molecule has 0 saturated carbocycles. The first-order valence-corrected chi connectivity index (χ1v) is 4.40. The van der Waals surface area contributed by atoms with Crippen LogP contribution in [0.1, 0.15) is 0 Å². The lowest BCUT2D eigenvalue weighted by Crippen LogP contribution is -2.02. The minimum Gasteiger partial charge on any atom is -0.384 e. The predicted octanol–water partition coefficient (Wildman–Crippen LogP) is 3.13. The summed E-state index contributed by atoms with van der Waals surface area (Å²) < 4.78 is 12.6. The van der Waals surface area contributed by atoms with E-state index in [9.17, 15) is 4.39 Å². The van der Waals surface area contributed by atoms with Crippen molar-refractivity contribution in [3.63, 3.8) is 0 Å². The topological polar surface area (TPSA) is 12.0 Å². The summed E-state index contributed by atoms with van der Waals surface area (Å²) in [4.78, 5) is 0. The van der Waals surface area contributed by atoms with Crippen LogP contribution in [0.4, 0.5) is 10.1 Å². The maximum absolute atomic E-state index is 12.6. The molecular formula is C8H8Cl2FN. The Labute approximate surface area is 80.5 Å². The van der Waals surface area contributed by atoms with Gasteiger partial charge < -0.3 is 5.32 Å². The zero-order chi connectivity index (χ0) is 8.97. The molecule has 1 aromatic rings. The Morgan fingerprint density at radius 3 is 2.75 bits per heavy atom. The van der Waals surface area contributed by atoms with Gasteiger partial charge in [0.15, 0.2) is 0 Å². The summed E-state index contributed by atoms with van der Waals surface area (Å²) in [6, 6.07) is 4.47. The second kappa shape index (κ2) is 4.53. The highest BCUT2D eigenvalue weighted by Gasteiger charge is 1.99. The second-order valence-corrected chi connectivity index (χ2v) is 3.03. The van der Waals surface area contributed by atoms with E-state index in [-0.39, 0.29) is 5.02 Å². The molecule has 1 rings (SSSR count). The highest BCUT2D eigenvalue weighted by atomic mass is 35.5. The molecule has 0 bridgehead atoms. The van der Waals surface area contributed by atoms with Crippen LogP contribution >= 0.6 is 23.2 Å². The largest absolute Gasteiger partial charge is 0.384 e. The van der Waals surface area contributed by atoms with E-state index in [2.05, 4.69) is 5.32 Å². The van der Waals surface area contributed by atoms with Gasteiger partial charge in [-0.15, -0.1) is 11.6 Å². The van der Waals surface area contributed by atoms with Crippen molar-refractivity contribution in [3.8, 4) is 0 Å². The average molecular weight is 208 g/mol. The summed E-state index contributed by atoms with van der Waals surface area (Å²) in [6.45, 7) is 0.642. The van der Waals surface area contributed by atoms with E-state index < -0.39 is 5.82 Å². The predicted molar refractivity (Wildman–Crippen MR) is 50.6 cm³/mol. The molecule has 0 aliphatic carbocycles. The molecular weight excluding hydrogens is 200 g/mol. The van der Waals surface area contributed by atoms with Crippen LogP contribution in [0.2, 0.25) is 5.02 Å². The number of benzene rings is 1. The molecule has 0 aliphatic rings. The summed E-state index contributed by atoms with van der Waals surface area (Å²) in [7, 11) is 0. The standard InChI is InChI=1S/C8H8Cl2FN/c9-3-4-12-6-1-2-8(11)7(10)5-6/h1-2,5,12H,3-4H2. The fraction of sp³-hybridized carbons (Fsp3) is 0.250. The van der Waals surface area contributed by atoms with E-state index in [4.69, 9.17) is 23.2 Å². The first kappa shape index (κ1) is 9.62. The van der Waals surface area contributed by atoms with Crippen LogP contribution in [0.25, 0.3) is 0 Å². The summed E-state index contributed by atoms with van der Waals surface area (Å²) in [5, 5.41) is 3.10. The normalized spacial score (nSPS) is 9.92. The van der Waals surface area contributed by atoms with Crippen molar-refractivity contribution in [3.05, 3.63) is 29.0 Å². The van der Waals surface area contributed by atoms with E-state index in [1.807, 2.05) is 0 Å². The molecule has 0 amide bonds. The van der Waals surface area contributed by atoms with Crippen LogP contribution in [-0.2, 0) is 0 Å². The van der Waals surface area contributed by atoms with Crippen LogP contribution in [-0.4, -0.2) is 12.4 Å². The van der Waals surface area contributed by atoms with E-state index in [1.54, 1.807) is 6.07 Å². The van der Waals surface area contributed by atoms with Gasteiger partial charge in [0, 0.05) is 18.1 Å². The maximum Gasteiger partial charge on any atom is 0.141 e. The van der Waals surface area contributed by atoms with E-state index in [0.717, 1.165) is 5.69 Å². The number of alkyl halides is 1. The lowest BCUT2D eigenvalue weighted by molar-refractivity contribution is 0.628. The summed E-state index contributed by atoms with van der Waals surface area (Å²) in [5.74, 6) is 0.0997. The van der Waals surface area contributed by atoms with Crippen molar-refractivity contribution in [1.29, 1.82) is 0 Å². The minimum absolute atomic E-state index is 0.120. The molecule has 0 saturated heterocycles. The van der Waals surface area contributed by atoms with Gasteiger partial charge in [0.25, 0.3) is 0 Å². The van der Waals surface area contributed by atoms with Gasteiger partial charge in [0.05, 0.1) is 5.02 Å². The van der Waals surface area contributed by atoms with Crippen LogP contribution in [0.3, 0.4) is 0 Å². The van der Waals surface area contributed by atoms with Crippen LogP contribution in [0.15, 0.2) is 18.2 Å². The minimum atomic E-state index is -0.409. The van der Waals surface area contributed by atoms with Crippen molar-refractivity contribution in [2.24, 2.45) is 0 Å². The zero-order valence-electron chi connectivity index (χ0n) is 6.28. The van der Waals surface area contributed by atoms with Crippen molar-refractivity contribution in [1.82, 2.24) is 0 Å². The summed E-state index contributed by atoms with van der Waals surface area (Å²) in [6.07, 6.45) is 0. The summed E-state index contributed by atoms with van der Waals surface area (Å²) >= 11 is 11.0. The highest BCUT2D eigenvalue weighted by Crippen LogP contribution is 2.18. The van der Waals surface area contributed by atoms with Crippen LogP contribution in [0.5, 0.6) is 0 Å². The molecule has 12 heavy (non-hydrogen) atoms. The number of anilines is 1. The number of nitrogens with one attached hydrogen (secondary N) is 1. The fourth-order valence-corrected chi connectivity index (χ4v) is 1.07. The number of hydrogen-bond acceptors (Lipinski definition) is 1. The third kappa shape index (κ3) is 2.54. The molecule has 4 heteroatoms. The quantitative estimate of drug-likeness (QED) is 0.752. The third-order valence-electron chi connectivity index (χ3n) is 1.34. The molecule has 1 aromatic carbocycles. The molecule has 1 nitrogen and oxygen atoms in total. The van der Waals surface area contributed by atoms with Crippen molar-refractivity contribution < 1.29 is 4.39 Å². The molecule has 0 aromatic heterocycles. The van der Waals surface area contributed by atoms with Gasteiger partial charge in [-0.05, 0) is 18.2 Å².